The molecule has 0 unspecified atom stereocenters. The van der Waals surface area contributed by atoms with Gasteiger partial charge in [0.2, 0.25) is 0 Å². The van der Waals surface area contributed by atoms with Gasteiger partial charge in [0.15, 0.2) is 0 Å². The van der Waals surface area contributed by atoms with Crippen LogP contribution in [0.1, 0.15) is 19.4 Å². The summed E-state index contributed by atoms with van der Waals surface area (Å²) in [5.74, 6) is 0. The average Bonchev–Trinajstić information content (AvgIpc) is 2.29. The van der Waals surface area contributed by atoms with Crippen molar-refractivity contribution >= 4 is 21.6 Å². The Morgan fingerprint density at radius 2 is 1.94 bits per heavy atom. The van der Waals surface area contributed by atoms with Gasteiger partial charge in [-0.1, -0.05) is 35.8 Å². The third kappa shape index (κ3) is 4.14. The quantitative estimate of drug-likeness (QED) is 0.860. The predicted molar refractivity (Wildman–Crippen MR) is 75.2 cm³/mol. The lowest BCUT2D eigenvalue weighted by Gasteiger charge is -2.18. The minimum Gasteiger partial charge on any atom is -0.384 e. The van der Waals surface area contributed by atoms with E-state index in [1.807, 2.05) is 0 Å². The summed E-state index contributed by atoms with van der Waals surface area (Å²) in [5.41, 5.74) is 2.46. The van der Waals surface area contributed by atoms with Crippen molar-refractivity contribution in [2.24, 2.45) is 0 Å². The summed E-state index contributed by atoms with van der Waals surface area (Å²) in [5, 5.41) is 3.44. The van der Waals surface area contributed by atoms with Crippen molar-refractivity contribution in [2.45, 2.75) is 20.8 Å². The first-order valence-electron chi connectivity index (χ1n) is 5.89. The third-order valence-corrected chi connectivity index (χ3v) is 3.68. The molecule has 1 aromatic carbocycles. The molecule has 0 aliphatic heterocycles. The van der Waals surface area contributed by atoms with Crippen molar-refractivity contribution in [3.63, 3.8) is 0 Å². The van der Waals surface area contributed by atoms with Crippen molar-refractivity contribution in [3.05, 3.63) is 28.2 Å². The lowest BCUT2D eigenvalue weighted by molar-refractivity contribution is 0.316. The van der Waals surface area contributed by atoms with Gasteiger partial charge in [-0.15, -0.1) is 0 Å². The molecule has 0 aliphatic rings. The molecule has 0 bridgehead atoms. The first-order chi connectivity index (χ1) is 7.67. The van der Waals surface area contributed by atoms with Crippen molar-refractivity contribution in [1.82, 2.24) is 4.90 Å². The number of benzene rings is 1. The van der Waals surface area contributed by atoms with Gasteiger partial charge in [0.05, 0.1) is 0 Å². The Morgan fingerprint density at radius 3 is 2.50 bits per heavy atom. The van der Waals surface area contributed by atoms with Gasteiger partial charge >= 0.3 is 0 Å². The molecular weight excluding hydrogens is 264 g/mol. The molecule has 0 amide bonds. The molecule has 3 heteroatoms. The molecule has 0 aliphatic carbocycles. The molecule has 0 spiro atoms. The van der Waals surface area contributed by atoms with Gasteiger partial charge in [0, 0.05) is 23.2 Å². The number of nitrogens with one attached hydrogen (secondary N) is 1. The van der Waals surface area contributed by atoms with E-state index in [4.69, 9.17) is 0 Å². The topological polar surface area (TPSA) is 15.3 Å². The number of hydrogen-bond acceptors (Lipinski definition) is 2. The van der Waals surface area contributed by atoms with E-state index in [2.05, 4.69) is 65.1 Å². The second-order valence-electron chi connectivity index (χ2n) is 3.92. The molecule has 0 atom stereocenters. The van der Waals surface area contributed by atoms with Gasteiger partial charge < -0.3 is 10.2 Å². The normalized spacial score (nSPS) is 10.8. The van der Waals surface area contributed by atoms with Crippen molar-refractivity contribution in [1.29, 1.82) is 0 Å². The summed E-state index contributed by atoms with van der Waals surface area (Å²) in [4.78, 5) is 2.41. The van der Waals surface area contributed by atoms with Crippen LogP contribution in [-0.2, 0) is 0 Å². The van der Waals surface area contributed by atoms with Crippen molar-refractivity contribution in [2.75, 3.05) is 31.5 Å². The van der Waals surface area contributed by atoms with Crippen molar-refractivity contribution in [3.8, 4) is 0 Å². The molecule has 1 aromatic rings. The van der Waals surface area contributed by atoms with E-state index in [-0.39, 0.29) is 0 Å². The van der Waals surface area contributed by atoms with Gasteiger partial charge in [-0.25, -0.2) is 0 Å². The maximum absolute atomic E-state index is 3.54. The molecule has 0 saturated carbocycles. The van der Waals surface area contributed by atoms with E-state index in [1.165, 1.54) is 15.7 Å². The van der Waals surface area contributed by atoms with Gasteiger partial charge in [-0.05, 0) is 37.7 Å². The van der Waals surface area contributed by atoms with Crippen LogP contribution in [0.2, 0.25) is 0 Å². The highest BCUT2D eigenvalue weighted by molar-refractivity contribution is 9.10. The van der Waals surface area contributed by atoms with E-state index in [1.54, 1.807) is 0 Å². The number of halogens is 1. The second-order valence-corrected chi connectivity index (χ2v) is 4.77. The summed E-state index contributed by atoms with van der Waals surface area (Å²) in [6.45, 7) is 10.8. The standard InChI is InChI=1S/C13H21BrN2/c1-4-16(5-2)9-8-15-12-7-6-11(3)13(14)10-12/h6-7,10,15H,4-5,8-9H2,1-3H3. The molecule has 90 valence electrons. The summed E-state index contributed by atoms with van der Waals surface area (Å²) in [7, 11) is 0. The zero-order chi connectivity index (χ0) is 12.0. The van der Waals surface area contributed by atoms with E-state index >= 15 is 0 Å². The fourth-order valence-corrected chi connectivity index (χ4v) is 1.98. The second kappa shape index (κ2) is 6.92. The first-order valence-corrected chi connectivity index (χ1v) is 6.69. The zero-order valence-corrected chi connectivity index (χ0v) is 12.0. The molecule has 2 nitrogen and oxygen atoms in total. The van der Waals surface area contributed by atoms with Gasteiger partial charge in [0.25, 0.3) is 0 Å². The highest BCUT2D eigenvalue weighted by Gasteiger charge is 1.99. The average molecular weight is 285 g/mol. The SMILES string of the molecule is CCN(CC)CCNc1ccc(C)c(Br)c1. The van der Waals surface area contributed by atoms with E-state index < -0.39 is 0 Å². The Labute approximate surface area is 107 Å². The highest BCUT2D eigenvalue weighted by Crippen LogP contribution is 2.20. The van der Waals surface area contributed by atoms with Crippen LogP contribution in [-0.4, -0.2) is 31.1 Å². The van der Waals surface area contributed by atoms with E-state index in [0.717, 1.165) is 26.2 Å². The number of aryl methyl sites for hydroxylation is 1. The Hall–Kier alpha value is -0.540. The Morgan fingerprint density at radius 1 is 1.25 bits per heavy atom. The maximum Gasteiger partial charge on any atom is 0.0352 e. The number of hydrogen-bond donors (Lipinski definition) is 1. The molecule has 1 N–H and O–H groups in total. The van der Waals surface area contributed by atoms with Crippen LogP contribution in [0.25, 0.3) is 0 Å². The first kappa shape index (κ1) is 13.5. The molecule has 0 saturated heterocycles. The van der Waals surface area contributed by atoms with Gasteiger partial charge in [-0.3, -0.25) is 0 Å². The summed E-state index contributed by atoms with van der Waals surface area (Å²) in [6.07, 6.45) is 0. The lowest BCUT2D eigenvalue weighted by atomic mass is 10.2. The van der Waals surface area contributed by atoms with E-state index in [0.29, 0.717) is 0 Å². The van der Waals surface area contributed by atoms with Crippen LogP contribution < -0.4 is 5.32 Å². The predicted octanol–water partition coefficient (Wildman–Crippen LogP) is 3.51. The Kier molecular flexibility index (Phi) is 5.85. The van der Waals surface area contributed by atoms with Crippen LogP contribution in [0.5, 0.6) is 0 Å². The van der Waals surface area contributed by atoms with Crippen LogP contribution >= 0.6 is 15.9 Å². The summed E-state index contributed by atoms with van der Waals surface area (Å²) in [6, 6.07) is 6.39. The highest BCUT2D eigenvalue weighted by atomic mass is 79.9. The van der Waals surface area contributed by atoms with Crippen LogP contribution in [0.3, 0.4) is 0 Å². The number of likely N-dealkylation sites (N-methyl/N-ethyl adjacent to an activating group) is 1. The van der Waals surface area contributed by atoms with Crippen LogP contribution in [0.15, 0.2) is 22.7 Å². The zero-order valence-electron chi connectivity index (χ0n) is 10.4. The van der Waals surface area contributed by atoms with Gasteiger partial charge in [0.1, 0.15) is 0 Å². The maximum atomic E-state index is 3.54. The molecule has 16 heavy (non-hydrogen) atoms. The number of nitrogens with zero attached hydrogens (tertiary/aromatic N) is 1. The lowest BCUT2D eigenvalue weighted by Crippen LogP contribution is -2.28. The molecule has 0 aromatic heterocycles. The minimum atomic E-state index is 0.997. The smallest absolute Gasteiger partial charge is 0.0352 e. The molecular formula is C13H21BrN2. The van der Waals surface area contributed by atoms with Gasteiger partial charge in [-0.2, -0.15) is 0 Å². The Balaban J connectivity index is 2.40. The largest absolute Gasteiger partial charge is 0.384 e. The monoisotopic (exact) mass is 284 g/mol. The number of rotatable bonds is 6. The van der Waals surface area contributed by atoms with E-state index in [9.17, 15) is 0 Å². The summed E-state index contributed by atoms with van der Waals surface area (Å²) >= 11 is 3.54. The summed E-state index contributed by atoms with van der Waals surface area (Å²) < 4.78 is 1.17. The third-order valence-electron chi connectivity index (χ3n) is 2.82. The minimum absolute atomic E-state index is 0.997. The van der Waals surface area contributed by atoms with Crippen LogP contribution in [0.4, 0.5) is 5.69 Å². The molecule has 0 fully saturated rings. The number of anilines is 1. The fraction of sp³-hybridized carbons (Fsp3) is 0.538. The Bertz CT molecular complexity index is 322. The molecule has 1 rings (SSSR count). The molecule has 0 heterocycles. The van der Waals surface area contributed by atoms with Crippen LogP contribution in [0, 0.1) is 6.92 Å². The van der Waals surface area contributed by atoms with Crippen molar-refractivity contribution < 1.29 is 0 Å². The molecule has 0 radical (unpaired) electrons. The fourth-order valence-electron chi connectivity index (χ4n) is 1.60.